The zero-order chi connectivity index (χ0) is 17.9. The van der Waals surface area contributed by atoms with Crippen molar-refractivity contribution in [3.8, 4) is 0 Å². The Hall–Kier alpha value is -2.44. The molecule has 0 unspecified atom stereocenters. The number of piperazine rings is 1. The highest BCUT2D eigenvalue weighted by Crippen LogP contribution is 2.16. The fraction of sp³-hybridized carbons (Fsp3) is 0.300. The van der Waals surface area contributed by atoms with Gasteiger partial charge in [0.1, 0.15) is 5.65 Å². The summed E-state index contributed by atoms with van der Waals surface area (Å²) in [6, 6.07) is 16.3. The monoisotopic (exact) mass is 365 g/mol. The summed E-state index contributed by atoms with van der Waals surface area (Å²) in [7, 11) is 0. The van der Waals surface area contributed by atoms with Gasteiger partial charge in [-0.05, 0) is 43.4 Å². The van der Waals surface area contributed by atoms with Crippen molar-refractivity contribution in [1.29, 1.82) is 0 Å². The summed E-state index contributed by atoms with van der Waals surface area (Å²) in [5.74, 6) is 0. The molecule has 0 radical (unpaired) electrons. The maximum absolute atomic E-state index is 5.58. The van der Waals surface area contributed by atoms with Crippen LogP contribution < -0.4 is 5.32 Å². The predicted octanol–water partition coefficient (Wildman–Crippen LogP) is 3.16. The van der Waals surface area contributed by atoms with E-state index in [0.717, 1.165) is 54.9 Å². The molecule has 3 aromatic rings. The molecule has 0 atom stereocenters. The Balaban J connectivity index is 1.36. The van der Waals surface area contributed by atoms with Crippen LogP contribution in [0.15, 0.2) is 54.7 Å². The minimum atomic E-state index is 0.807. The first-order chi connectivity index (χ1) is 12.7. The lowest BCUT2D eigenvalue weighted by Crippen LogP contribution is -2.49. The molecule has 26 heavy (non-hydrogen) atoms. The van der Waals surface area contributed by atoms with Crippen molar-refractivity contribution in [1.82, 2.24) is 19.2 Å². The molecule has 1 aromatic carbocycles. The van der Waals surface area contributed by atoms with Crippen molar-refractivity contribution in [2.45, 2.75) is 13.5 Å². The quantitative estimate of drug-likeness (QED) is 0.722. The van der Waals surface area contributed by atoms with Gasteiger partial charge in [-0.2, -0.15) is 0 Å². The third kappa shape index (κ3) is 3.57. The Morgan fingerprint density at radius 2 is 1.77 bits per heavy atom. The molecule has 3 heterocycles. The molecule has 0 bridgehead atoms. The summed E-state index contributed by atoms with van der Waals surface area (Å²) in [6.07, 6.45) is 2.10. The van der Waals surface area contributed by atoms with Gasteiger partial charge in [-0.25, -0.2) is 4.98 Å². The number of nitrogens with zero attached hydrogens (tertiary/aromatic N) is 4. The fourth-order valence-electron chi connectivity index (χ4n) is 3.40. The standard InChI is InChI=1S/C20H23N5S/c1-16-18(25-10-6-5-9-19(25)21-16)15-23-11-13-24(14-12-23)20(26)22-17-7-3-2-4-8-17/h2-10H,11-15H2,1H3,(H,22,26). The number of hydrogen-bond acceptors (Lipinski definition) is 3. The van der Waals surface area contributed by atoms with Crippen LogP contribution in [0, 0.1) is 6.92 Å². The Morgan fingerprint density at radius 3 is 2.54 bits per heavy atom. The van der Waals surface area contributed by atoms with Crippen LogP contribution in [-0.4, -0.2) is 50.5 Å². The molecule has 0 amide bonds. The van der Waals surface area contributed by atoms with Gasteiger partial charge in [-0.15, -0.1) is 0 Å². The molecule has 4 rings (SSSR count). The summed E-state index contributed by atoms with van der Waals surface area (Å²) in [4.78, 5) is 9.39. The van der Waals surface area contributed by atoms with E-state index in [9.17, 15) is 0 Å². The van der Waals surface area contributed by atoms with E-state index < -0.39 is 0 Å². The molecule has 0 aliphatic carbocycles. The lowest BCUT2D eigenvalue weighted by atomic mass is 10.2. The first-order valence-corrected chi connectivity index (χ1v) is 9.37. The summed E-state index contributed by atoms with van der Waals surface area (Å²) >= 11 is 5.58. The number of rotatable bonds is 3. The Bertz CT molecular complexity index is 897. The lowest BCUT2D eigenvalue weighted by molar-refractivity contribution is 0.174. The van der Waals surface area contributed by atoms with Crippen molar-refractivity contribution in [3.05, 3.63) is 66.1 Å². The van der Waals surface area contributed by atoms with Crippen LogP contribution >= 0.6 is 12.2 Å². The number of benzene rings is 1. The number of anilines is 1. The molecular weight excluding hydrogens is 342 g/mol. The molecule has 1 saturated heterocycles. The summed E-state index contributed by atoms with van der Waals surface area (Å²) in [6.45, 7) is 6.89. The molecule has 134 valence electrons. The van der Waals surface area contributed by atoms with Crippen LogP contribution in [0.2, 0.25) is 0 Å². The number of aromatic nitrogens is 2. The summed E-state index contributed by atoms with van der Waals surface area (Å²) in [5.41, 5.74) is 4.45. The van der Waals surface area contributed by atoms with Crippen LogP contribution in [0.3, 0.4) is 0 Å². The Labute approximate surface area is 159 Å². The van der Waals surface area contributed by atoms with E-state index in [1.807, 2.05) is 36.4 Å². The van der Waals surface area contributed by atoms with Crippen LogP contribution in [-0.2, 0) is 6.54 Å². The smallest absolute Gasteiger partial charge is 0.173 e. The first kappa shape index (κ1) is 17.0. The first-order valence-electron chi connectivity index (χ1n) is 8.96. The van der Waals surface area contributed by atoms with Gasteiger partial charge in [0.05, 0.1) is 11.4 Å². The highest BCUT2D eigenvalue weighted by molar-refractivity contribution is 7.80. The predicted molar refractivity (Wildman–Crippen MR) is 109 cm³/mol. The van der Waals surface area contributed by atoms with Crippen molar-refractivity contribution >= 4 is 28.7 Å². The summed E-state index contributed by atoms with van der Waals surface area (Å²) < 4.78 is 2.20. The lowest BCUT2D eigenvalue weighted by Gasteiger charge is -2.36. The third-order valence-electron chi connectivity index (χ3n) is 4.89. The Morgan fingerprint density at radius 1 is 1.04 bits per heavy atom. The third-order valence-corrected chi connectivity index (χ3v) is 5.25. The zero-order valence-corrected chi connectivity index (χ0v) is 15.7. The summed E-state index contributed by atoms with van der Waals surface area (Å²) in [5, 5.41) is 4.14. The van der Waals surface area contributed by atoms with Gasteiger partial charge in [0.2, 0.25) is 0 Å². The van der Waals surface area contributed by atoms with Crippen LogP contribution in [0.25, 0.3) is 5.65 Å². The largest absolute Gasteiger partial charge is 0.346 e. The van der Waals surface area contributed by atoms with Crippen molar-refractivity contribution in [2.24, 2.45) is 0 Å². The van der Waals surface area contributed by atoms with E-state index in [0.29, 0.717) is 0 Å². The van der Waals surface area contributed by atoms with Gasteiger partial charge < -0.3 is 14.6 Å². The van der Waals surface area contributed by atoms with E-state index in [1.165, 1.54) is 5.69 Å². The molecule has 1 aliphatic heterocycles. The number of pyridine rings is 1. The number of thiocarbonyl (C=S) groups is 1. The maximum atomic E-state index is 5.58. The van der Waals surface area contributed by atoms with Gasteiger partial charge in [-0.3, -0.25) is 4.90 Å². The van der Waals surface area contributed by atoms with E-state index in [-0.39, 0.29) is 0 Å². The Kier molecular flexibility index (Phi) is 4.86. The number of imidazole rings is 1. The van der Waals surface area contributed by atoms with Gasteiger partial charge in [0.25, 0.3) is 0 Å². The number of aryl methyl sites for hydroxylation is 1. The second-order valence-electron chi connectivity index (χ2n) is 6.63. The molecule has 0 spiro atoms. The molecule has 2 aromatic heterocycles. The highest BCUT2D eigenvalue weighted by Gasteiger charge is 2.21. The second kappa shape index (κ2) is 7.43. The molecule has 5 nitrogen and oxygen atoms in total. The van der Waals surface area contributed by atoms with Gasteiger partial charge in [0, 0.05) is 44.6 Å². The van der Waals surface area contributed by atoms with Gasteiger partial charge in [-0.1, -0.05) is 24.3 Å². The number of hydrogen-bond donors (Lipinski definition) is 1. The van der Waals surface area contributed by atoms with Crippen LogP contribution in [0.1, 0.15) is 11.4 Å². The van der Waals surface area contributed by atoms with E-state index in [2.05, 4.69) is 49.8 Å². The van der Waals surface area contributed by atoms with Crippen molar-refractivity contribution < 1.29 is 0 Å². The number of para-hydroxylation sites is 1. The van der Waals surface area contributed by atoms with E-state index in [1.54, 1.807) is 0 Å². The zero-order valence-electron chi connectivity index (χ0n) is 14.9. The van der Waals surface area contributed by atoms with E-state index >= 15 is 0 Å². The fourth-order valence-corrected chi connectivity index (χ4v) is 3.70. The minimum absolute atomic E-state index is 0.807. The van der Waals surface area contributed by atoms with Crippen molar-refractivity contribution in [2.75, 3.05) is 31.5 Å². The normalized spacial score (nSPS) is 15.3. The molecule has 0 saturated carbocycles. The SMILES string of the molecule is Cc1nc2ccccn2c1CN1CCN(C(=S)Nc2ccccc2)CC1. The van der Waals surface area contributed by atoms with Gasteiger partial charge >= 0.3 is 0 Å². The van der Waals surface area contributed by atoms with Crippen LogP contribution in [0.4, 0.5) is 5.69 Å². The number of nitrogens with one attached hydrogen (secondary N) is 1. The molecule has 1 N–H and O–H groups in total. The topological polar surface area (TPSA) is 35.8 Å². The highest BCUT2D eigenvalue weighted by atomic mass is 32.1. The number of fused-ring (bicyclic) bond motifs is 1. The van der Waals surface area contributed by atoms with Crippen molar-refractivity contribution in [3.63, 3.8) is 0 Å². The second-order valence-corrected chi connectivity index (χ2v) is 7.02. The molecule has 6 heteroatoms. The van der Waals surface area contributed by atoms with Crippen LogP contribution in [0.5, 0.6) is 0 Å². The minimum Gasteiger partial charge on any atom is -0.346 e. The maximum Gasteiger partial charge on any atom is 0.173 e. The van der Waals surface area contributed by atoms with Gasteiger partial charge in [0.15, 0.2) is 5.11 Å². The molecular formula is C20H23N5S. The molecule has 1 fully saturated rings. The average molecular weight is 366 g/mol. The molecule has 1 aliphatic rings. The van der Waals surface area contributed by atoms with E-state index in [4.69, 9.17) is 12.2 Å². The average Bonchev–Trinajstić information content (AvgIpc) is 2.98.